The lowest BCUT2D eigenvalue weighted by atomic mass is 10.2. The Morgan fingerprint density at radius 2 is 2.00 bits per heavy atom. The summed E-state index contributed by atoms with van der Waals surface area (Å²) in [6.07, 6.45) is -0.354. The number of ether oxygens (including phenoxy) is 3. The summed E-state index contributed by atoms with van der Waals surface area (Å²) in [5, 5.41) is 7.63. The smallest absolute Gasteiger partial charge is 0.271 e. The van der Waals surface area contributed by atoms with Gasteiger partial charge < -0.3 is 19.5 Å². The molecule has 1 unspecified atom stereocenters. The maximum absolute atomic E-state index is 12.7. The number of carbonyl (C=O) groups excluding carboxylic acids is 1. The molecule has 1 aliphatic rings. The highest BCUT2D eigenvalue weighted by Gasteiger charge is 2.20. The Hall–Kier alpha value is -3.52. The number of hydrogen-bond donors (Lipinski definition) is 1. The molecular weight excluding hydrogens is 434 g/mol. The van der Waals surface area contributed by atoms with E-state index in [-0.39, 0.29) is 24.1 Å². The van der Waals surface area contributed by atoms with Crippen molar-refractivity contribution in [1.82, 2.24) is 15.1 Å². The van der Waals surface area contributed by atoms with Crippen LogP contribution in [0.4, 0.5) is 0 Å². The molecule has 32 heavy (non-hydrogen) atoms. The molecule has 0 aliphatic carbocycles. The first-order chi connectivity index (χ1) is 15.4. The fraction of sp³-hybridized carbons (Fsp3) is 0.261. The molecule has 8 nitrogen and oxygen atoms in total. The van der Waals surface area contributed by atoms with Gasteiger partial charge in [-0.15, -0.1) is 5.10 Å². The van der Waals surface area contributed by atoms with Crippen molar-refractivity contribution in [2.75, 3.05) is 6.79 Å². The van der Waals surface area contributed by atoms with Gasteiger partial charge in [0.2, 0.25) is 12.7 Å². The van der Waals surface area contributed by atoms with E-state index in [1.54, 1.807) is 18.2 Å². The van der Waals surface area contributed by atoms with Crippen LogP contribution < -0.4 is 25.1 Å². The van der Waals surface area contributed by atoms with Crippen LogP contribution >= 0.6 is 11.6 Å². The topological polar surface area (TPSA) is 91.7 Å². The van der Waals surface area contributed by atoms with Crippen LogP contribution in [0.5, 0.6) is 17.4 Å². The van der Waals surface area contributed by atoms with Crippen molar-refractivity contribution in [1.29, 1.82) is 0 Å². The summed E-state index contributed by atoms with van der Waals surface area (Å²) in [5.74, 6) is 1.21. The second-order valence-corrected chi connectivity index (χ2v) is 7.71. The molecule has 0 saturated carbocycles. The number of hydrogen-bond acceptors (Lipinski definition) is 6. The van der Waals surface area contributed by atoms with Crippen molar-refractivity contribution in [2.24, 2.45) is 0 Å². The lowest BCUT2D eigenvalue weighted by Crippen LogP contribution is -2.38. The van der Waals surface area contributed by atoms with Gasteiger partial charge in [-0.1, -0.05) is 30.7 Å². The van der Waals surface area contributed by atoms with Crippen LogP contribution in [-0.4, -0.2) is 28.6 Å². The molecule has 1 amide bonds. The Bertz CT molecular complexity index is 1210. The highest BCUT2D eigenvalue weighted by Crippen LogP contribution is 2.32. The maximum Gasteiger partial charge on any atom is 0.271 e. The Kier molecular flexibility index (Phi) is 6.32. The number of benzene rings is 2. The Morgan fingerprint density at radius 3 is 2.81 bits per heavy atom. The summed E-state index contributed by atoms with van der Waals surface area (Å²) < 4.78 is 17.7. The Morgan fingerprint density at radius 1 is 1.19 bits per heavy atom. The number of fused-ring (bicyclic) bond motifs is 1. The summed E-state index contributed by atoms with van der Waals surface area (Å²) in [4.78, 5) is 25.1. The number of halogens is 1. The number of nitrogens with zero attached hydrogens (tertiary/aromatic N) is 2. The molecule has 0 fully saturated rings. The molecule has 2 heterocycles. The van der Waals surface area contributed by atoms with Crippen molar-refractivity contribution in [3.05, 3.63) is 75.0 Å². The van der Waals surface area contributed by atoms with Crippen molar-refractivity contribution in [3.8, 4) is 23.1 Å². The normalized spacial score (nSPS) is 13.0. The van der Waals surface area contributed by atoms with Gasteiger partial charge in [-0.2, -0.15) is 4.68 Å². The van der Waals surface area contributed by atoms with Gasteiger partial charge in [0.05, 0.1) is 5.69 Å². The standard InChI is InChI=1S/C23H22ClN3O5/c1-3-18(23(29)25-12-15-5-7-19-20(10-15)31-13-30-19)32-21-8-9-22(28)27(26-21)17-11-16(24)6-4-14(17)2/h4-11,18H,3,12-13H2,1-2H3,(H,25,29). The minimum Gasteiger partial charge on any atom is -0.463 e. The number of aryl methyl sites for hydroxylation is 1. The SMILES string of the molecule is CCC(Oc1ccc(=O)n(-c2cc(Cl)ccc2C)n1)C(=O)NCc1ccc2c(c1)OCO2. The number of carbonyl (C=O) groups is 1. The summed E-state index contributed by atoms with van der Waals surface area (Å²) in [5.41, 5.74) is 1.92. The predicted molar refractivity (Wildman–Crippen MR) is 119 cm³/mol. The van der Waals surface area contributed by atoms with Crippen LogP contribution in [0.15, 0.2) is 53.3 Å². The van der Waals surface area contributed by atoms with E-state index < -0.39 is 6.10 Å². The summed E-state index contributed by atoms with van der Waals surface area (Å²) in [7, 11) is 0. The number of rotatable bonds is 7. The average molecular weight is 456 g/mol. The van der Waals surface area contributed by atoms with Crippen LogP contribution in [0.25, 0.3) is 5.69 Å². The molecule has 4 rings (SSSR count). The number of nitrogens with one attached hydrogen (secondary N) is 1. The zero-order valence-corrected chi connectivity index (χ0v) is 18.4. The van der Waals surface area contributed by atoms with Gasteiger partial charge in [-0.25, -0.2) is 0 Å². The quantitative estimate of drug-likeness (QED) is 0.587. The molecular formula is C23H22ClN3O5. The van der Waals surface area contributed by atoms with Crippen LogP contribution in [0.2, 0.25) is 5.02 Å². The van der Waals surface area contributed by atoms with Crippen LogP contribution in [0.3, 0.4) is 0 Å². The fourth-order valence-electron chi connectivity index (χ4n) is 3.26. The molecule has 0 spiro atoms. The fourth-order valence-corrected chi connectivity index (χ4v) is 3.43. The van der Waals surface area contributed by atoms with Crippen LogP contribution in [0, 0.1) is 6.92 Å². The van der Waals surface area contributed by atoms with E-state index in [1.807, 2.05) is 32.0 Å². The minimum atomic E-state index is -0.775. The molecule has 0 radical (unpaired) electrons. The van der Waals surface area contributed by atoms with Gasteiger partial charge in [0.25, 0.3) is 11.5 Å². The van der Waals surface area contributed by atoms with E-state index in [2.05, 4.69) is 10.4 Å². The molecule has 9 heteroatoms. The Balaban J connectivity index is 1.46. The maximum atomic E-state index is 12.7. The minimum absolute atomic E-state index is 0.161. The van der Waals surface area contributed by atoms with Gasteiger partial charge in [-0.05, 0) is 48.7 Å². The summed E-state index contributed by atoms with van der Waals surface area (Å²) in [6, 6.07) is 13.5. The van der Waals surface area contributed by atoms with Crippen molar-refractivity contribution >= 4 is 17.5 Å². The second-order valence-electron chi connectivity index (χ2n) is 7.27. The van der Waals surface area contributed by atoms with Gasteiger partial charge in [0.15, 0.2) is 17.6 Å². The van der Waals surface area contributed by atoms with Crippen LogP contribution in [-0.2, 0) is 11.3 Å². The molecule has 1 N–H and O–H groups in total. The highest BCUT2D eigenvalue weighted by atomic mass is 35.5. The van der Waals surface area contributed by atoms with E-state index >= 15 is 0 Å². The molecule has 0 bridgehead atoms. The van der Waals surface area contributed by atoms with E-state index in [4.69, 9.17) is 25.8 Å². The van der Waals surface area contributed by atoms with E-state index in [0.717, 1.165) is 11.1 Å². The number of aromatic nitrogens is 2. The monoisotopic (exact) mass is 455 g/mol. The van der Waals surface area contributed by atoms with Gasteiger partial charge in [0.1, 0.15) is 0 Å². The lowest BCUT2D eigenvalue weighted by Gasteiger charge is -2.17. The molecule has 1 atom stereocenters. The van der Waals surface area contributed by atoms with Gasteiger partial charge in [0, 0.05) is 23.7 Å². The average Bonchev–Trinajstić information content (AvgIpc) is 3.26. The zero-order chi connectivity index (χ0) is 22.7. The van der Waals surface area contributed by atoms with Crippen LogP contribution in [0.1, 0.15) is 24.5 Å². The lowest BCUT2D eigenvalue weighted by molar-refractivity contribution is -0.128. The van der Waals surface area contributed by atoms with Crippen molar-refractivity contribution < 1.29 is 19.0 Å². The van der Waals surface area contributed by atoms with Crippen molar-refractivity contribution in [3.63, 3.8) is 0 Å². The van der Waals surface area contributed by atoms with E-state index in [0.29, 0.717) is 35.2 Å². The van der Waals surface area contributed by atoms with E-state index in [9.17, 15) is 9.59 Å². The number of amides is 1. The third-order valence-electron chi connectivity index (χ3n) is 5.01. The highest BCUT2D eigenvalue weighted by molar-refractivity contribution is 6.30. The largest absolute Gasteiger partial charge is 0.463 e. The molecule has 1 aromatic heterocycles. The first kappa shape index (κ1) is 21.7. The third kappa shape index (κ3) is 4.70. The summed E-state index contributed by atoms with van der Waals surface area (Å²) in [6.45, 7) is 4.19. The second kappa shape index (κ2) is 9.32. The zero-order valence-electron chi connectivity index (χ0n) is 17.6. The molecule has 166 valence electrons. The van der Waals surface area contributed by atoms with Crippen molar-refractivity contribution in [2.45, 2.75) is 32.9 Å². The van der Waals surface area contributed by atoms with E-state index in [1.165, 1.54) is 16.8 Å². The molecule has 1 aliphatic heterocycles. The first-order valence-electron chi connectivity index (χ1n) is 10.1. The third-order valence-corrected chi connectivity index (χ3v) is 5.24. The first-order valence-corrected chi connectivity index (χ1v) is 10.5. The molecule has 2 aromatic carbocycles. The molecule has 3 aromatic rings. The van der Waals surface area contributed by atoms with Gasteiger partial charge >= 0.3 is 0 Å². The Labute approximate surface area is 189 Å². The van der Waals surface area contributed by atoms with Gasteiger partial charge in [-0.3, -0.25) is 9.59 Å². The summed E-state index contributed by atoms with van der Waals surface area (Å²) >= 11 is 6.08. The predicted octanol–water partition coefficient (Wildman–Crippen LogP) is 3.40. The molecule has 0 saturated heterocycles.